The molecule has 0 aliphatic rings. The fourth-order valence-corrected chi connectivity index (χ4v) is 3.52. The molecular weight excluding hydrogens is 386 g/mol. The van der Waals surface area contributed by atoms with Crippen molar-refractivity contribution in [3.05, 3.63) is 101 Å². The molecule has 0 aliphatic heterocycles. The van der Waals surface area contributed by atoms with E-state index in [0.29, 0.717) is 0 Å². The maximum absolute atomic E-state index is 12.7. The lowest BCUT2D eigenvalue weighted by molar-refractivity contribution is -0.677. The van der Waals surface area contributed by atoms with Crippen molar-refractivity contribution in [2.45, 2.75) is 19.9 Å². The van der Waals surface area contributed by atoms with Crippen molar-refractivity contribution < 1.29 is 14.9 Å². The Hall–Kier alpha value is -3.44. The van der Waals surface area contributed by atoms with Crippen LogP contribution in [0.1, 0.15) is 28.3 Å². The number of amides is 2. The Kier molecular flexibility index (Phi) is 7.57. The van der Waals surface area contributed by atoms with E-state index in [1.54, 1.807) is 7.05 Å². The van der Waals surface area contributed by atoms with E-state index in [1.165, 1.54) is 4.90 Å². The average molecular weight is 417 g/mol. The van der Waals surface area contributed by atoms with Gasteiger partial charge in [0.1, 0.15) is 6.04 Å². The number of rotatable bonds is 8. The van der Waals surface area contributed by atoms with Crippen LogP contribution < -0.4 is 10.6 Å². The predicted octanol–water partition coefficient (Wildman–Crippen LogP) is 3.05. The number of carbonyl (C=O) groups is 2. The van der Waals surface area contributed by atoms with Crippen molar-refractivity contribution in [1.29, 1.82) is 0 Å². The van der Waals surface area contributed by atoms with Gasteiger partial charge in [-0.15, -0.1) is 0 Å². The fraction of sp³-hybridized carbons (Fsp3) is 0.231. The number of likely N-dealkylation sites (N-methyl/N-ethyl adjacent to an activating group) is 1. The first-order chi connectivity index (χ1) is 14.9. The van der Waals surface area contributed by atoms with Crippen LogP contribution in [0.25, 0.3) is 0 Å². The van der Waals surface area contributed by atoms with Gasteiger partial charge < -0.3 is 15.5 Å². The van der Waals surface area contributed by atoms with Gasteiger partial charge in [0.25, 0.3) is 5.91 Å². The van der Waals surface area contributed by atoms with Crippen LogP contribution in [0.3, 0.4) is 0 Å². The Morgan fingerprint density at radius 2 is 1.48 bits per heavy atom. The van der Waals surface area contributed by atoms with E-state index in [1.807, 2.05) is 73.8 Å². The molecule has 0 aliphatic carbocycles. The van der Waals surface area contributed by atoms with E-state index in [0.717, 1.165) is 27.9 Å². The molecule has 0 saturated carbocycles. The molecule has 160 valence electrons. The summed E-state index contributed by atoms with van der Waals surface area (Å²) in [6, 6.07) is 26.2. The van der Waals surface area contributed by atoms with Gasteiger partial charge in [-0.2, -0.15) is 0 Å². The quantitative estimate of drug-likeness (QED) is 0.593. The molecule has 0 radical (unpaired) electrons. The van der Waals surface area contributed by atoms with E-state index in [4.69, 9.17) is 0 Å². The second-order valence-electron chi connectivity index (χ2n) is 7.86. The average Bonchev–Trinajstić information content (AvgIpc) is 2.77. The van der Waals surface area contributed by atoms with Crippen LogP contribution in [0.4, 0.5) is 5.69 Å². The third-order valence-electron chi connectivity index (χ3n) is 5.32. The zero-order chi connectivity index (χ0) is 22.2. The van der Waals surface area contributed by atoms with Gasteiger partial charge in [-0.3, -0.25) is 9.59 Å². The highest BCUT2D eigenvalue weighted by atomic mass is 16.2. The van der Waals surface area contributed by atoms with Gasteiger partial charge in [0.15, 0.2) is 6.54 Å². The summed E-state index contributed by atoms with van der Waals surface area (Å²) in [4.78, 5) is 26.7. The normalized spacial score (nSPS) is 10.7. The molecule has 0 atom stereocenters. The van der Waals surface area contributed by atoms with Gasteiger partial charge >= 0.3 is 0 Å². The van der Waals surface area contributed by atoms with Gasteiger partial charge in [0.2, 0.25) is 5.91 Å². The molecule has 5 heteroatoms. The summed E-state index contributed by atoms with van der Waals surface area (Å²) in [7, 11) is 1.67. The standard InChI is InChI=1S/C26H29N3O2/c1-19-14-15-20(2)23(16-19)28-24(30)18-29(3)25(31)17-27-26(21-10-6-4-7-11-21)22-12-8-5-9-13-22/h4-16,26-27H,17-18H2,1-3H3,(H,28,30)/p+1. The second-order valence-corrected chi connectivity index (χ2v) is 7.86. The van der Waals surface area contributed by atoms with E-state index < -0.39 is 0 Å². The number of hydrogen-bond acceptors (Lipinski definition) is 2. The maximum Gasteiger partial charge on any atom is 0.277 e. The molecule has 3 N–H and O–H groups in total. The number of nitrogens with two attached hydrogens (primary N) is 1. The lowest BCUT2D eigenvalue weighted by atomic mass is 9.99. The van der Waals surface area contributed by atoms with Crippen molar-refractivity contribution >= 4 is 17.5 Å². The van der Waals surface area contributed by atoms with Crippen molar-refractivity contribution in [2.75, 3.05) is 25.5 Å². The Bertz CT molecular complexity index is 980. The van der Waals surface area contributed by atoms with E-state index in [9.17, 15) is 9.59 Å². The molecule has 0 bridgehead atoms. The van der Waals surface area contributed by atoms with Crippen LogP contribution in [0.2, 0.25) is 0 Å². The molecule has 3 aromatic rings. The molecule has 0 spiro atoms. The highest BCUT2D eigenvalue weighted by Crippen LogP contribution is 2.18. The van der Waals surface area contributed by atoms with Crippen LogP contribution in [0.5, 0.6) is 0 Å². The summed E-state index contributed by atoms with van der Waals surface area (Å²) in [5.41, 5.74) is 5.13. The number of quaternary nitrogens is 1. The molecule has 3 aromatic carbocycles. The molecular formula is C26H30N3O2+. The predicted molar refractivity (Wildman–Crippen MR) is 124 cm³/mol. The van der Waals surface area contributed by atoms with Crippen LogP contribution in [0.15, 0.2) is 78.9 Å². The van der Waals surface area contributed by atoms with Gasteiger partial charge in [0, 0.05) is 23.9 Å². The molecule has 0 saturated heterocycles. The monoisotopic (exact) mass is 416 g/mol. The lowest BCUT2D eigenvalue weighted by Gasteiger charge is -2.20. The first-order valence-corrected chi connectivity index (χ1v) is 10.5. The highest BCUT2D eigenvalue weighted by molar-refractivity contribution is 5.95. The third kappa shape index (κ3) is 6.27. The summed E-state index contributed by atoms with van der Waals surface area (Å²) in [5.74, 6) is -0.291. The fourth-order valence-electron chi connectivity index (χ4n) is 3.52. The Balaban J connectivity index is 1.60. The molecule has 0 aromatic heterocycles. The van der Waals surface area contributed by atoms with Crippen LogP contribution in [-0.4, -0.2) is 36.9 Å². The van der Waals surface area contributed by atoms with Gasteiger partial charge in [-0.1, -0.05) is 72.8 Å². The smallest absolute Gasteiger partial charge is 0.277 e. The third-order valence-corrected chi connectivity index (χ3v) is 5.32. The number of nitrogens with one attached hydrogen (secondary N) is 1. The SMILES string of the molecule is Cc1ccc(C)c(NC(=O)CN(C)C(=O)C[NH2+]C(c2ccccc2)c2ccccc2)c1. The summed E-state index contributed by atoms with van der Waals surface area (Å²) in [5, 5.41) is 4.93. The van der Waals surface area contributed by atoms with Crippen molar-refractivity contribution in [2.24, 2.45) is 0 Å². The Labute approximate surface area is 184 Å². The lowest BCUT2D eigenvalue weighted by Crippen LogP contribution is -2.87. The van der Waals surface area contributed by atoms with Crippen molar-refractivity contribution in [3.8, 4) is 0 Å². The van der Waals surface area contributed by atoms with E-state index in [-0.39, 0.29) is 30.9 Å². The Morgan fingerprint density at radius 3 is 2.06 bits per heavy atom. The largest absolute Gasteiger partial charge is 0.332 e. The minimum atomic E-state index is -0.202. The minimum Gasteiger partial charge on any atom is -0.332 e. The van der Waals surface area contributed by atoms with Crippen LogP contribution in [-0.2, 0) is 9.59 Å². The van der Waals surface area contributed by atoms with E-state index in [2.05, 4.69) is 29.6 Å². The summed E-state index contributed by atoms with van der Waals surface area (Å²) >= 11 is 0. The summed E-state index contributed by atoms with van der Waals surface area (Å²) < 4.78 is 0. The molecule has 5 nitrogen and oxygen atoms in total. The number of nitrogens with zero attached hydrogens (tertiary/aromatic N) is 1. The molecule has 0 fully saturated rings. The zero-order valence-electron chi connectivity index (χ0n) is 18.3. The number of aryl methyl sites for hydroxylation is 2. The maximum atomic E-state index is 12.7. The number of benzene rings is 3. The molecule has 0 unspecified atom stereocenters. The number of carbonyl (C=O) groups excluding carboxylic acids is 2. The zero-order valence-corrected chi connectivity index (χ0v) is 18.3. The van der Waals surface area contributed by atoms with Crippen LogP contribution >= 0.6 is 0 Å². The number of anilines is 1. The van der Waals surface area contributed by atoms with E-state index >= 15 is 0 Å². The topological polar surface area (TPSA) is 66.0 Å². The summed E-state index contributed by atoms with van der Waals surface area (Å²) in [6.07, 6.45) is 0. The first kappa shape index (κ1) is 22.2. The van der Waals surface area contributed by atoms with Crippen molar-refractivity contribution in [3.63, 3.8) is 0 Å². The van der Waals surface area contributed by atoms with Gasteiger partial charge in [-0.25, -0.2) is 0 Å². The van der Waals surface area contributed by atoms with Gasteiger partial charge in [-0.05, 0) is 31.0 Å². The first-order valence-electron chi connectivity index (χ1n) is 10.5. The van der Waals surface area contributed by atoms with Gasteiger partial charge in [0.05, 0.1) is 6.54 Å². The van der Waals surface area contributed by atoms with Crippen LogP contribution in [0, 0.1) is 13.8 Å². The van der Waals surface area contributed by atoms with Crippen molar-refractivity contribution in [1.82, 2.24) is 4.90 Å². The second kappa shape index (κ2) is 10.5. The molecule has 31 heavy (non-hydrogen) atoms. The molecule has 3 rings (SSSR count). The highest BCUT2D eigenvalue weighted by Gasteiger charge is 2.21. The Morgan fingerprint density at radius 1 is 0.903 bits per heavy atom. The molecule has 0 heterocycles. The number of hydrogen-bond donors (Lipinski definition) is 2. The molecule has 2 amide bonds. The summed E-state index contributed by atoms with van der Waals surface area (Å²) in [6.45, 7) is 4.20. The minimum absolute atomic E-state index is 0.0153.